The molecule has 1 fully saturated rings. The van der Waals surface area contributed by atoms with Gasteiger partial charge in [0.25, 0.3) is 0 Å². The summed E-state index contributed by atoms with van der Waals surface area (Å²) in [6.45, 7) is 1.50. The van der Waals surface area contributed by atoms with Crippen molar-refractivity contribution in [1.29, 1.82) is 0 Å². The van der Waals surface area contributed by atoms with Crippen LogP contribution in [0.25, 0.3) is 0 Å². The Balaban J connectivity index is 1.45. The molecule has 0 spiro atoms. The van der Waals surface area contributed by atoms with Gasteiger partial charge >= 0.3 is 0 Å². The maximum atomic E-state index is 5.79. The molecule has 0 amide bonds. The normalized spacial score (nSPS) is 25.3. The predicted molar refractivity (Wildman–Crippen MR) is 71.6 cm³/mol. The Kier molecular flexibility index (Phi) is 3.37. The van der Waals surface area contributed by atoms with E-state index in [2.05, 4.69) is 18.2 Å². The molecule has 0 radical (unpaired) electrons. The van der Waals surface area contributed by atoms with Crippen molar-refractivity contribution in [2.75, 3.05) is 13.7 Å². The summed E-state index contributed by atoms with van der Waals surface area (Å²) in [6.07, 6.45) is 6.53. The Morgan fingerprint density at radius 3 is 2.50 bits per heavy atom. The molecule has 0 heterocycles. The van der Waals surface area contributed by atoms with Crippen LogP contribution in [0.1, 0.15) is 24.8 Å². The molecule has 1 aromatic rings. The molecule has 1 aromatic carbocycles. The van der Waals surface area contributed by atoms with Crippen LogP contribution in [0.15, 0.2) is 35.9 Å². The second kappa shape index (κ2) is 5.15. The first-order valence-electron chi connectivity index (χ1n) is 6.75. The van der Waals surface area contributed by atoms with Gasteiger partial charge in [0, 0.05) is 0 Å². The van der Waals surface area contributed by atoms with Gasteiger partial charge in [0.1, 0.15) is 5.75 Å². The fourth-order valence-electron chi connectivity index (χ4n) is 2.90. The summed E-state index contributed by atoms with van der Waals surface area (Å²) in [5, 5.41) is 0. The average Bonchev–Trinajstić information content (AvgIpc) is 2.67. The van der Waals surface area contributed by atoms with Crippen molar-refractivity contribution in [3.8, 4) is 5.75 Å². The van der Waals surface area contributed by atoms with E-state index < -0.39 is 0 Å². The molecule has 3 rings (SSSR count). The molecule has 1 saturated carbocycles. The molecule has 96 valence electrons. The molecule has 2 aliphatic rings. The third kappa shape index (κ3) is 2.44. The Morgan fingerprint density at radius 1 is 1.11 bits per heavy atom. The van der Waals surface area contributed by atoms with E-state index in [-0.39, 0.29) is 0 Å². The van der Waals surface area contributed by atoms with E-state index >= 15 is 0 Å². The Bertz CT molecular complexity index is 433. The van der Waals surface area contributed by atoms with Crippen molar-refractivity contribution in [1.82, 2.24) is 0 Å². The van der Waals surface area contributed by atoms with Crippen molar-refractivity contribution in [3.63, 3.8) is 0 Å². The molecule has 0 saturated heterocycles. The van der Waals surface area contributed by atoms with Crippen LogP contribution in [-0.2, 0) is 11.3 Å². The maximum Gasteiger partial charge on any atom is 0.118 e. The minimum Gasteiger partial charge on any atom is -0.497 e. The first-order valence-corrected chi connectivity index (χ1v) is 6.75. The third-order valence-corrected chi connectivity index (χ3v) is 4.17. The predicted octanol–water partition coefficient (Wildman–Crippen LogP) is 3.57. The second-order valence-corrected chi connectivity index (χ2v) is 5.37. The minimum atomic E-state index is 0.691. The van der Waals surface area contributed by atoms with E-state index in [1.54, 1.807) is 7.11 Å². The van der Waals surface area contributed by atoms with Crippen molar-refractivity contribution >= 4 is 0 Å². The number of allylic oxidation sites excluding steroid dienone is 1. The molecular weight excluding hydrogens is 224 g/mol. The number of methoxy groups -OCH3 is 1. The number of rotatable bonds is 5. The topological polar surface area (TPSA) is 18.5 Å². The lowest BCUT2D eigenvalue weighted by atomic mass is 9.76. The van der Waals surface area contributed by atoms with Gasteiger partial charge in [-0.3, -0.25) is 0 Å². The van der Waals surface area contributed by atoms with Gasteiger partial charge in [-0.25, -0.2) is 0 Å². The van der Waals surface area contributed by atoms with Crippen LogP contribution < -0.4 is 4.74 Å². The van der Waals surface area contributed by atoms with Gasteiger partial charge < -0.3 is 9.47 Å². The highest BCUT2D eigenvalue weighted by molar-refractivity contribution is 5.26. The van der Waals surface area contributed by atoms with E-state index in [9.17, 15) is 0 Å². The van der Waals surface area contributed by atoms with Crippen LogP contribution in [0.4, 0.5) is 0 Å². The smallest absolute Gasteiger partial charge is 0.118 e. The molecule has 0 N–H and O–H groups in total. The lowest BCUT2D eigenvalue weighted by Gasteiger charge is -2.29. The maximum absolute atomic E-state index is 5.79. The Labute approximate surface area is 109 Å². The van der Waals surface area contributed by atoms with Crippen LogP contribution >= 0.6 is 0 Å². The van der Waals surface area contributed by atoms with Gasteiger partial charge in [-0.05, 0) is 54.4 Å². The highest BCUT2D eigenvalue weighted by Crippen LogP contribution is 2.45. The highest BCUT2D eigenvalue weighted by atomic mass is 16.5. The first kappa shape index (κ1) is 11.8. The lowest BCUT2D eigenvalue weighted by molar-refractivity contribution is 0.139. The van der Waals surface area contributed by atoms with E-state index in [1.807, 2.05) is 12.1 Å². The van der Waals surface area contributed by atoms with Crippen molar-refractivity contribution in [2.45, 2.75) is 25.9 Å². The van der Waals surface area contributed by atoms with E-state index in [0.717, 1.165) is 24.2 Å². The standard InChI is InChI=1S/C16H20O2/c1-17-16-6-2-12(3-7-16)10-18-11-13-8-14-4-5-15(14)9-13/h2-3,6-8,14-15H,4-5,9-11H2,1H3/t14-,15+/m0/s1. The van der Waals surface area contributed by atoms with E-state index in [0.29, 0.717) is 6.61 Å². The molecule has 0 aliphatic heterocycles. The number of hydrogen-bond acceptors (Lipinski definition) is 2. The zero-order valence-corrected chi connectivity index (χ0v) is 10.9. The van der Waals surface area contributed by atoms with Gasteiger partial charge in [0.15, 0.2) is 0 Å². The summed E-state index contributed by atoms with van der Waals surface area (Å²) in [5.74, 6) is 2.72. The van der Waals surface area contributed by atoms with E-state index in [1.165, 1.54) is 30.4 Å². The van der Waals surface area contributed by atoms with Crippen molar-refractivity contribution in [2.24, 2.45) is 11.8 Å². The van der Waals surface area contributed by atoms with Crippen LogP contribution in [0, 0.1) is 11.8 Å². The van der Waals surface area contributed by atoms with E-state index in [4.69, 9.17) is 9.47 Å². The number of benzene rings is 1. The lowest BCUT2D eigenvalue weighted by Crippen LogP contribution is -2.19. The highest BCUT2D eigenvalue weighted by Gasteiger charge is 2.34. The SMILES string of the molecule is COc1ccc(COCC2=C[C@@H]3CC[C@@H]3C2)cc1. The monoisotopic (exact) mass is 244 g/mol. The van der Waals surface area contributed by atoms with Gasteiger partial charge in [0.05, 0.1) is 20.3 Å². The van der Waals surface area contributed by atoms with Gasteiger partial charge in [-0.1, -0.05) is 18.2 Å². The summed E-state index contributed by atoms with van der Waals surface area (Å²) in [7, 11) is 1.69. The first-order chi connectivity index (χ1) is 8.85. The molecule has 2 heteroatoms. The van der Waals surface area contributed by atoms with Crippen LogP contribution in [0.3, 0.4) is 0 Å². The molecule has 0 unspecified atom stereocenters. The van der Waals surface area contributed by atoms with Crippen molar-refractivity contribution < 1.29 is 9.47 Å². The quantitative estimate of drug-likeness (QED) is 0.737. The van der Waals surface area contributed by atoms with Crippen LogP contribution in [0.2, 0.25) is 0 Å². The van der Waals surface area contributed by atoms with Gasteiger partial charge in [-0.15, -0.1) is 0 Å². The Morgan fingerprint density at radius 2 is 1.94 bits per heavy atom. The largest absolute Gasteiger partial charge is 0.497 e. The molecule has 0 aromatic heterocycles. The summed E-state index contributed by atoms with van der Waals surface area (Å²) in [5.41, 5.74) is 2.72. The molecule has 2 aliphatic carbocycles. The molecule has 2 atom stereocenters. The number of ether oxygens (including phenoxy) is 2. The van der Waals surface area contributed by atoms with Crippen LogP contribution in [-0.4, -0.2) is 13.7 Å². The number of fused-ring (bicyclic) bond motifs is 1. The zero-order valence-electron chi connectivity index (χ0n) is 10.9. The second-order valence-electron chi connectivity index (χ2n) is 5.37. The fraction of sp³-hybridized carbons (Fsp3) is 0.500. The average molecular weight is 244 g/mol. The molecule has 2 nitrogen and oxygen atoms in total. The molecular formula is C16H20O2. The summed E-state index contributed by atoms with van der Waals surface area (Å²) < 4.78 is 10.9. The van der Waals surface area contributed by atoms with Gasteiger partial charge in [-0.2, -0.15) is 0 Å². The minimum absolute atomic E-state index is 0.691. The molecule has 18 heavy (non-hydrogen) atoms. The van der Waals surface area contributed by atoms with Crippen molar-refractivity contribution in [3.05, 3.63) is 41.5 Å². The third-order valence-electron chi connectivity index (χ3n) is 4.17. The Hall–Kier alpha value is -1.28. The molecule has 0 bridgehead atoms. The summed E-state index contributed by atoms with van der Waals surface area (Å²) >= 11 is 0. The van der Waals surface area contributed by atoms with Crippen LogP contribution in [0.5, 0.6) is 5.75 Å². The zero-order chi connectivity index (χ0) is 12.4. The summed E-state index contributed by atoms with van der Waals surface area (Å²) in [6, 6.07) is 8.08. The number of hydrogen-bond donors (Lipinski definition) is 0. The van der Waals surface area contributed by atoms with Gasteiger partial charge in [0.2, 0.25) is 0 Å². The fourth-order valence-corrected chi connectivity index (χ4v) is 2.90. The summed E-state index contributed by atoms with van der Waals surface area (Å²) in [4.78, 5) is 0.